The highest BCUT2D eigenvalue weighted by atomic mass is 16.1. The van der Waals surface area contributed by atoms with Crippen molar-refractivity contribution in [2.45, 2.75) is 0 Å². The Balaban J connectivity index is 2.06. The largest absolute Gasteiger partial charge is 0.273 e. The van der Waals surface area contributed by atoms with Crippen molar-refractivity contribution in [3.63, 3.8) is 0 Å². The average molecular weight is 238 g/mol. The average Bonchev–Trinajstić information content (AvgIpc) is 2.75. The van der Waals surface area contributed by atoms with Crippen molar-refractivity contribution in [3.8, 4) is 0 Å². The third-order valence-electron chi connectivity index (χ3n) is 2.59. The van der Waals surface area contributed by atoms with Gasteiger partial charge in [-0.05, 0) is 29.5 Å². The fraction of sp³-hybridized carbons (Fsp3) is 0. The highest BCUT2D eigenvalue weighted by molar-refractivity contribution is 5.78. The van der Waals surface area contributed by atoms with Crippen LogP contribution in [0.2, 0.25) is 0 Å². The molecule has 2 aromatic carbocycles. The summed E-state index contributed by atoms with van der Waals surface area (Å²) < 4.78 is 0. The number of hydrogen-bond acceptors (Lipinski definition) is 3. The molecule has 5 nitrogen and oxygen atoms in total. The van der Waals surface area contributed by atoms with E-state index >= 15 is 0 Å². The quantitative estimate of drug-likeness (QED) is 0.685. The molecular weight excluding hydrogens is 228 g/mol. The molecule has 0 aliphatic rings. The smallest absolute Gasteiger partial charge is 0.267 e. The Bertz CT molecular complexity index is 755. The first-order chi connectivity index (χ1) is 8.84. The topological polar surface area (TPSA) is 62.5 Å². The molecule has 3 rings (SSSR count). The molecule has 18 heavy (non-hydrogen) atoms. The fourth-order valence-corrected chi connectivity index (χ4v) is 1.73. The van der Waals surface area contributed by atoms with Gasteiger partial charge < -0.3 is 0 Å². The molecule has 0 aliphatic heterocycles. The first kappa shape index (κ1) is 10.5. The second-order valence-corrected chi connectivity index (χ2v) is 3.79. The van der Waals surface area contributed by atoms with Crippen LogP contribution in [0.25, 0.3) is 10.9 Å². The first-order valence-electron chi connectivity index (χ1n) is 5.51. The van der Waals surface area contributed by atoms with Crippen LogP contribution in [0.15, 0.2) is 69.7 Å². The van der Waals surface area contributed by atoms with Crippen molar-refractivity contribution in [2.24, 2.45) is 10.3 Å². The molecule has 1 N–H and O–H groups in total. The van der Waals surface area contributed by atoms with E-state index in [-0.39, 0.29) is 5.56 Å². The van der Waals surface area contributed by atoms with Gasteiger partial charge >= 0.3 is 0 Å². The molecule has 1 heterocycles. The van der Waals surface area contributed by atoms with Crippen molar-refractivity contribution >= 4 is 16.6 Å². The van der Waals surface area contributed by atoms with Crippen molar-refractivity contribution < 1.29 is 0 Å². The van der Waals surface area contributed by atoms with E-state index in [1.54, 1.807) is 6.07 Å². The molecule has 0 fully saturated rings. The summed E-state index contributed by atoms with van der Waals surface area (Å²) in [4.78, 5) is 13.0. The first-order valence-corrected chi connectivity index (χ1v) is 5.51. The summed E-state index contributed by atoms with van der Waals surface area (Å²) in [6, 6.07) is 16.6. The maximum atomic E-state index is 11.6. The monoisotopic (exact) mass is 238 g/mol. The van der Waals surface area contributed by atoms with Crippen LogP contribution in [-0.2, 0) is 0 Å². The molecule has 0 radical (unpaired) electrons. The predicted octanol–water partition coefficient (Wildman–Crippen LogP) is 2.88. The van der Waals surface area contributed by atoms with E-state index in [1.807, 2.05) is 48.5 Å². The molecule has 0 amide bonds. The van der Waals surface area contributed by atoms with Crippen molar-refractivity contribution in [2.75, 3.05) is 0 Å². The fourth-order valence-electron chi connectivity index (χ4n) is 1.73. The lowest BCUT2D eigenvalue weighted by Crippen LogP contribution is -2.00. The molecular formula is C13H10N4O. The minimum Gasteiger partial charge on any atom is -0.267 e. The van der Waals surface area contributed by atoms with Crippen LogP contribution in [0.4, 0.5) is 5.69 Å². The number of hydrogen-bond donors (Lipinski definition) is 1. The second-order valence-electron chi connectivity index (χ2n) is 3.79. The number of rotatable bonds is 2. The van der Waals surface area contributed by atoms with E-state index in [2.05, 4.69) is 15.4 Å². The molecule has 1 aromatic heterocycles. The van der Waals surface area contributed by atoms with Gasteiger partial charge in [0, 0.05) is 0 Å². The molecule has 5 heteroatoms. The summed E-state index contributed by atoms with van der Waals surface area (Å²) in [7, 11) is 0. The Labute approximate surface area is 102 Å². The number of aromatic amines is 1. The standard InChI is InChI=1S/C13H10N4O/c18-13-11-8-4-5-9-12(11)17(15-13)16-14-10-6-2-1-3-7-10/h1-9H,(H,15,18). The summed E-state index contributed by atoms with van der Waals surface area (Å²) in [5, 5.41) is 11.3. The van der Waals surface area contributed by atoms with Crippen molar-refractivity contribution in [1.82, 2.24) is 9.89 Å². The van der Waals surface area contributed by atoms with E-state index in [4.69, 9.17) is 0 Å². The van der Waals surface area contributed by atoms with Gasteiger partial charge in [-0.2, -0.15) is 4.79 Å². The number of para-hydroxylation sites is 1. The Kier molecular flexibility index (Phi) is 2.49. The molecule has 0 bridgehead atoms. The van der Waals surface area contributed by atoms with Gasteiger partial charge in [-0.25, -0.2) is 5.10 Å². The van der Waals surface area contributed by atoms with E-state index in [0.717, 1.165) is 5.69 Å². The third-order valence-corrected chi connectivity index (χ3v) is 2.59. The summed E-state index contributed by atoms with van der Waals surface area (Å²) >= 11 is 0. The molecule has 0 saturated carbocycles. The van der Waals surface area contributed by atoms with Gasteiger partial charge in [0.15, 0.2) is 0 Å². The van der Waals surface area contributed by atoms with Crippen LogP contribution < -0.4 is 5.56 Å². The van der Waals surface area contributed by atoms with Gasteiger partial charge in [-0.1, -0.05) is 30.3 Å². The highest BCUT2D eigenvalue weighted by Gasteiger charge is 2.03. The molecule has 0 unspecified atom stereocenters. The lowest BCUT2D eigenvalue weighted by molar-refractivity contribution is 0.708. The lowest BCUT2D eigenvalue weighted by atomic mass is 10.3. The Morgan fingerprint density at radius 2 is 1.67 bits per heavy atom. The zero-order chi connectivity index (χ0) is 12.4. The SMILES string of the molecule is O=c1[nH]n(N=Nc2ccccc2)c2ccccc12. The van der Waals surface area contributed by atoms with E-state index in [0.29, 0.717) is 10.9 Å². The summed E-state index contributed by atoms with van der Waals surface area (Å²) in [5.74, 6) is 0. The Hall–Kier alpha value is -2.69. The molecule has 0 aliphatic carbocycles. The van der Waals surface area contributed by atoms with E-state index < -0.39 is 0 Å². The van der Waals surface area contributed by atoms with E-state index in [9.17, 15) is 4.79 Å². The van der Waals surface area contributed by atoms with E-state index in [1.165, 1.54) is 4.79 Å². The van der Waals surface area contributed by atoms with Crippen LogP contribution >= 0.6 is 0 Å². The summed E-state index contributed by atoms with van der Waals surface area (Å²) in [6.07, 6.45) is 0. The molecule has 88 valence electrons. The predicted molar refractivity (Wildman–Crippen MR) is 68.9 cm³/mol. The zero-order valence-corrected chi connectivity index (χ0v) is 9.45. The maximum Gasteiger partial charge on any atom is 0.273 e. The second kappa shape index (κ2) is 4.29. The third kappa shape index (κ3) is 1.82. The van der Waals surface area contributed by atoms with Gasteiger partial charge in [0.05, 0.1) is 16.6 Å². The van der Waals surface area contributed by atoms with Gasteiger partial charge in [0.1, 0.15) is 0 Å². The van der Waals surface area contributed by atoms with Crippen LogP contribution in [0.5, 0.6) is 0 Å². The zero-order valence-electron chi connectivity index (χ0n) is 9.45. The van der Waals surface area contributed by atoms with Crippen LogP contribution in [0, 0.1) is 0 Å². The highest BCUT2D eigenvalue weighted by Crippen LogP contribution is 2.12. The number of nitrogens with one attached hydrogen (secondary N) is 1. The lowest BCUT2D eigenvalue weighted by Gasteiger charge is -1.94. The van der Waals surface area contributed by atoms with Crippen LogP contribution in [0.1, 0.15) is 0 Å². The van der Waals surface area contributed by atoms with Crippen molar-refractivity contribution in [1.29, 1.82) is 0 Å². The number of fused-ring (bicyclic) bond motifs is 1. The number of H-pyrrole nitrogens is 1. The number of aromatic nitrogens is 2. The number of benzene rings is 2. The molecule has 0 spiro atoms. The minimum absolute atomic E-state index is 0.169. The van der Waals surface area contributed by atoms with Gasteiger partial charge in [0.2, 0.25) is 0 Å². The van der Waals surface area contributed by atoms with Crippen molar-refractivity contribution in [3.05, 3.63) is 65.0 Å². The Morgan fingerprint density at radius 1 is 0.944 bits per heavy atom. The van der Waals surface area contributed by atoms with Gasteiger partial charge in [0.25, 0.3) is 5.56 Å². The minimum atomic E-state index is -0.169. The summed E-state index contributed by atoms with van der Waals surface area (Å²) in [6.45, 7) is 0. The maximum absolute atomic E-state index is 11.6. The molecule has 0 saturated heterocycles. The molecule has 0 atom stereocenters. The normalized spacial score (nSPS) is 11.3. The Morgan fingerprint density at radius 3 is 2.50 bits per heavy atom. The van der Waals surface area contributed by atoms with Crippen LogP contribution in [0.3, 0.4) is 0 Å². The number of nitrogens with zero attached hydrogens (tertiary/aromatic N) is 3. The molecule has 3 aromatic rings. The van der Waals surface area contributed by atoms with Gasteiger partial charge in [-0.3, -0.25) is 4.79 Å². The van der Waals surface area contributed by atoms with Crippen LogP contribution in [-0.4, -0.2) is 9.89 Å². The van der Waals surface area contributed by atoms with Gasteiger partial charge in [-0.15, -0.1) is 5.11 Å². The summed E-state index contributed by atoms with van der Waals surface area (Å²) in [5.41, 5.74) is 1.27.